The van der Waals surface area contributed by atoms with Crippen molar-refractivity contribution < 1.29 is 14.3 Å². The summed E-state index contributed by atoms with van der Waals surface area (Å²) in [5, 5.41) is 9.59. The van der Waals surface area contributed by atoms with Crippen molar-refractivity contribution in [1.29, 1.82) is 0 Å². The monoisotopic (exact) mass is 282 g/mol. The quantitative estimate of drug-likeness (QED) is 0.849. The summed E-state index contributed by atoms with van der Waals surface area (Å²) in [7, 11) is 1.30. The molecule has 0 bridgehead atoms. The van der Waals surface area contributed by atoms with E-state index in [1.54, 1.807) is 17.5 Å². The molecule has 0 spiro atoms. The molecule has 5 nitrogen and oxygen atoms in total. The molecule has 0 saturated carbocycles. The average Bonchev–Trinajstić information content (AvgIpc) is 2.99. The summed E-state index contributed by atoms with van der Waals surface area (Å²) in [4.78, 5) is 23.5. The van der Waals surface area contributed by atoms with Crippen LogP contribution in [0.5, 0.6) is 0 Å². The van der Waals surface area contributed by atoms with Crippen molar-refractivity contribution in [3.63, 3.8) is 0 Å². The highest BCUT2D eigenvalue weighted by Crippen LogP contribution is 2.23. The van der Waals surface area contributed by atoms with Gasteiger partial charge in [-0.1, -0.05) is 0 Å². The molecule has 2 rings (SSSR count). The van der Waals surface area contributed by atoms with Crippen LogP contribution in [0, 0.1) is 0 Å². The molecular weight excluding hydrogens is 272 g/mol. The first kappa shape index (κ1) is 12.6. The molecule has 0 saturated heterocycles. The molecule has 0 radical (unpaired) electrons. The van der Waals surface area contributed by atoms with Gasteiger partial charge in [-0.2, -0.15) is 0 Å². The van der Waals surface area contributed by atoms with E-state index in [4.69, 9.17) is 0 Å². The summed E-state index contributed by atoms with van der Waals surface area (Å²) >= 11 is 2.64. The second-order valence-electron chi connectivity index (χ2n) is 3.21. The lowest BCUT2D eigenvalue weighted by Gasteiger charge is -2.05. The number of nitrogens with one attached hydrogen (secondary N) is 2. The van der Waals surface area contributed by atoms with Crippen molar-refractivity contribution in [3.8, 4) is 0 Å². The zero-order valence-corrected chi connectivity index (χ0v) is 11.1. The number of hydrogen-bond acceptors (Lipinski definition) is 5. The molecule has 2 amide bonds. The highest BCUT2D eigenvalue weighted by Gasteiger charge is 2.15. The van der Waals surface area contributed by atoms with Gasteiger partial charge in [-0.05, 0) is 29.0 Å². The Morgan fingerprint density at radius 1 is 1.17 bits per heavy atom. The molecule has 0 atom stereocenters. The predicted octanol–water partition coefficient (Wildman–Crippen LogP) is 3.24. The molecule has 18 heavy (non-hydrogen) atoms. The van der Waals surface area contributed by atoms with E-state index in [0.29, 0.717) is 10.6 Å². The van der Waals surface area contributed by atoms with E-state index in [1.165, 1.54) is 29.8 Å². The highest BCUT2D eigenvalue weighted by atomic mass is 32.1. The van der Waals surface area contributed by atoms with E-state index in [9.17, 15) is 9.59 Å². The zero-order chi connectivity index (χ0) is 13.0. The van der Waals surface area contributed by atoms with Crippen LogP contribution in [0.3, 0.4) is 0 Å². The fraction of sp³-hybridized carbons (Fsp3) is 0.0909. The van der Waals surface area contributed by atoms with Gasteiger partial charge in [0.1, 0.15) is 4.88 Å². The largest absolute Gasteiger partial charge is 0.465 e. The summed E-state index contributed by atoms with van der Waals surface area (Å²) in [5.74, 6) is -0.462. The Morgan fingerprint density at radius 2 is 2.00 bits per heavy atom. The van der Waals surface area contributed by atoms with Crippen molar-refractivity contribution >= 4 is 45.4 Å². The molecule has 0 aliphatic heterocycles. The second kappa shape index (κ2) is 5.65. The number of esters is 1. The maximum absolute atomic E-state index is 11.7. The Balaban J connectivity index is 2.03. The average molecular weight is 282 g/mol. The van der Waals surface area contributed by atoms with Gasteiger partial charge in [0.25, 0.3) is 0 Å². The van der Waals surface area contributed by atoms with Gasteiger partial charge in [0.05, 0.1) is 17.8 Å². The number of hydrogen-bond donors (Lipinski definition) is 2. The molecule has 2 heterocycles. The third kappa shape index (κ3) is 2.88. The maximum Gasteiger partial charge on any atom is 0.350 e. The van der Waals surface area contributed by atoms with Gasteiger partial charge < -0.3 is 10.1 Å². The van der Waals surface area contributed by atoms with Gasteiger partial charge in [0, 0.05) is 0 Å². The van der Waals surface area contributed by atoms with Crippen LogP contribution < -0.4 is 10.6 Å². The standard InChI is InChI=1S/C11H10N2O3S2/c1-16-10(14)9-7(4-6-18-9)12-11(15)13-8-3-2-5-17-8/h2-6H,1H3,(H2,12,13,15). The fourth-order valence-corrected chi connectivity index (χ4v) is 2.65. The number of amides is 2. The van der Waals surface area contributed by atoms with E-state index in [1.807, 2.05) is 11.4 Å². The van der Waals surface area contributed by atoms with Crippen LogP contribution in [0.1, 0.15) is 9.67 Å². The Kier molecular flexibility index (Phi) is 3.96. The molecular formula is C11H10N2O3S2. The predicted molar refractivity (Wildman–Crippen MR) is 72.6 cm³/mol. The third-order valence-electron chi connectivity index (χ3n) is 2.04. The lowest BCUT2D eigenvalue weighted by Crippen LogP contribution is -2.19. The van der Waals surface area contributed by atoms with Gasteiger partial charge in [-0.25, -0.2) is 9.59 Å². The summed E-state index contributed by atoms with van der Waals surface area (Å²) in [6.45, 7) is 0. The molecule has 0 aliphatic rings. The lowest BCUT2D eigenvalue weighted by atomic mass is 10.4. The SMILES string of the molecule is COC(=O)c1sccc1NC(=O)Nc1cccs1. The molecule has 7 heteroatoms. The van der Waals surface area contributed by atoms with E-state index >= 15 is 0 Å². The first-order valence-electron chi connectivity index (χ1n) is 4.98. The lowest BCUT2D eigenvalue weighted by molar-refractivity contribution is 0.0607. The Morgan fingerprint density at radius 3 is 2.67 bits per heavy atom. The van der Waals surface area contributed by atoms with E-state index in [2.05, 4.69) is 15.4 Å². The molecule has 0 aliphatic carbocycles. The number of rotatable bonds is 3. The van der Waals surface area contributed by atoms with Crippen LogP contribution in [0.25, 0.3) is 0 Å². The molecule has 0 fully saturated rings. The number of methoxy groups -OCH3 is 1. The first-order chi connectivity index (χ1) is 8.70. The van der Waals surface area contributed by atoms with E-state index < -0.39 is 5.97 Å². The fourth-order valence-electron chi connectivity index (χ4n) is 1.27. The first-order valence-corrected chi connectivity index (χ1v) is 6.74. The van der Waals surface area contributed by atoms with E-state index in [0.717, 1.165) is 5.00 Å². The maximum atomic E-state index is 11.7. The van der Waals surface area contributed by atoms with Crippen LogP contribution >= 0.6 is 22.7 Å². The minimum Gasteiger partial charge on any atom is -0.465 e. The van der Waals surface area contributed by atoms with Crippen LogP contribution in [0.4, 0.5) is 15.5 Å². The Labute approximate surface area is 111 Å². The number of ether oxygens (including phenoxy) is 1. The summed E-state index contributed by atoms with van der Waals surface area (Å²) < 4.78 is 4.62. The van der Waals surface area contributed by atoms with E-state index in [-0.39, 0.29) is 6.03 Å². The summed E-state index contributed by atoms with van der Waals surface area (Å²) in [6.07, 6.45) is 0. The highest BCUT2D eigenvalue weighted by molar-refractivity contribution is 7.14. The van der Waals surface area contributed by atoms with Gasteiger partial charge >= 0.3 is 12.0 Å². The van der Waals surface area contributed by atoms with Crippen LogP contribution in [-0.4, -0.2) is 19.1 Å². The Bertz CT molecular complexity index is 548. The molecule has 94 valence electrons. The smallest absolute Gasteiger partial charge is 0.350 e. The molecule has 2 aromatic rings. The topological polar surface area (TPSA) is 67.4 Å². The normalized spacial score (nSPS) is 9.83. The zero-order valence-electron chi connectivity index (χ0n) is 9.43. The number of urea groups is 1. The van der Waals surface area contributed by atoms with Crippen LogP contribution in [0.2, 0.25) is 0 Å². The van der Waals surface area contributed by atoms with Crippen LogP contribution in [0.15, 0.2) is 29.0 Å². The van der Waals surface area contributed by atoms with Crippen molar-refractivity contribution in [2.75, 3.05) is 17.7 Å². The minimum atomic E-state index is -0.462. The van der Waals surface area contributed by atoms with Gasteiger partial charge in [-0.15, -0.1) is 22.7 Å². The van der Waals surface area contributed by atoms with Gasteiger partial charge in [0.15, 0.2) is 0 Å². The number of carbonyl (C=O) groups excluding carboxylic acids is 2. The Hall–Kier alpha value is -1.86. The number of thiophene rings is 2. The molecule has 0 aromatic carbocycles. The number of carbonyl (C=O) groups is 2. The summed E-state index contributed by atoms with van der Waals surface area (Å²) in [6, 6.07) is 4.90. The van der Waals surface area contributed by atoms with Crippen molar-refractivity contribution in [3.05, 3.63) is 33.8 Å². The summed E-state index contributed by atoms with van der Waals surface area (Å²) in [5.41, 5.74) is 0.445. The van der Waals surface area contributed by atoms with Crippen molar-refractivity contribution in [1.82, 2.24) is 0 Å². The number of anilines is 2. The van der Waals surface area contributed by atoms with Crippen molar-refractivity contribution in [2.24, 2.45) is 0 Å². The van der Waals surface area contributed by atoms with Gasteiger partial charge in [-0.3, -0.25) is 5.32 Å². The van der Waals surface area contributed by atoms with Gasteiger partial charge in [0.2, 0.25) is 0 Å². The third-order valence-corrected chi connectivity index (χ3v) is 3.72. The molecule has 0 unspecified atom stereocenters. The molecule has 2 N–H and O–H groups in total. The minimum absolute atomic E-state index is 0.374. The second-order valence-corrected chi connectivity index (χ2v) is 5.08. The van der Waals surface area contributed by atoms with Crippen molar-refractivity contribution in [2.45, 2.75) is 0 Å². The molecule has 2 aromatic heterocycles. The van der Waals surface area contributed by atoms with Crippen LogP contribution in [-0.2, 0) is 4.74 Å².